The van der Waals surface area contributed by atoms with E-state index in [-0.39, 0.29) is 5.41 Å². The second-order valence-electron chi connectivity index (χ2n) is 2.82. The van der Waals surface area contributed by atoms with Gasteiger partial charge in [-0.1, -0.05) is 19.1 Å². The third kappa shape index (κ3) is 3.07. The maximum Gasteiger partial charge on any atom is 0.0311 e. The third-order valence-corrected chi connectivity index (χ3v) is 2.33. The monoisotopic (exact) mass is 158 g/mol. The summed E-state index contributed by atoms with van der Waals surface area (Å²) in [6, 6.07) is 0. The molecule has 58 valence electrons. The summed E-state index contributed by atoms with van der Waals surface area (Å²) in [5.41, 5.74) is 0.0930. The van der Waals surface area contributed by atoms with Crippen LogP contribution in [-0.4, -0.2) is 5.88 Å². The lowest BCUT2D eigenvalue weighted by molar-refractivity contribution is 0.450. The summed E-state index contributed by atoms with van der Waals surface area (Å²) in [5.74, 6) is 0.643. The molecule has 0 heterocycles. The van der Waals surface area contributed by atoms with E-state index >= 15 is 0 Å². The average molecular weight is 159 g/mol. The smallest absolute Gasteiger partial charge is 0.0311 e. The summed E-state index contributed by atoms with van der Waals surface area (Å²) >= 11 is 5.74. The average Bonchev–Trinajstić information content (AvgIpc) is 2.00. The molecule has 0 bridgehead atoms. The predicted octanol–water partition coefficient (Wildman–Crippen LogP) is 3.38. The summed E-state index contributed by atoms with van der Waals surface area (Å²) in [5, 5.41) is 0. The van der Waals surface area contributed by atoms with Gasteiger partial charge < -0.3 is 0 Å². The lowest BCUT2D eigenvalue weighted by atomic mass is 9.88. The maximum absolute atomic E-state index is 5.74. The molecule has 1 unspecified atom stereocenters. The molecule has 10 heavy (non-hydrogen) atoms. The molecular formula is C9H15Cl. The topological polar surface area (TPSA) is 0 Å². The van der Waals surface area contributed by atoms with Crippen molar-refractivity contribution in [2.45, 2.75) is 19.8 Å². The molecule has 0 aromatic rings. The summed E-state index contributed by atoms with van der Waals surface area (Å²) in [4.78, 5) is 0. The van der Waals surface area contributed by atoms with Crippen LogP contribution in [0.2, 0.25) is 0 Å². The van der Waals surface area contributed by atoms with Crippen LogP contribution < -0.4 is 0 Å². The van der Waals surface area contributed by atoms with Crippen molar-refractivity contribution in [2.24, 2.45) is 5.41 Å². The Balaban J connectivity index is 3.79. The first-order valence-electron chi connectivity index (χ1n) is 3.49. The van der Waals surface area contributed by atoms with E-state index in [2.05, 4.69) is 20.1 Å². The van der Waals surface area contributed by atoms with Gasteiger partial charge in [-0.05, 0) is 18.3 Å². The van der Waals surface area contributed by atoms with Crippen LogP contribution in [0.15, 0.2) is 25.3 Å². The zero-order chi connectivity index (χ0) is 8.04. The van der Waals surface area contributed by atoms with Crippen LogP contribution in [-0.2, 0) is 0 Å². The minimum atomic E-state index is 0.0930. The van der Waals surface area contributed by atoms with E-state index in [0.29, 0.717) is 5.88 Å². The number of hydrogen-bond donors (Lipinski definition) is 0. The van der Waals surface area contributed by atoms with Crippen molar-refractivity contribution in [1.29, 1.82) is 0 Å². The lowest BCUT2D eigenvalue weighted by Crippen LogP contribution is -2.13. The first-order chi connectivity index (χ1) is 4.68. The Morgan fingerprint density at radius 1 is 1.50 bits per heavy atom. The molecule has 0 aromatic heterocycles. The number of halogens is 1. The minimum absolute atomic E-state index is 0.0930. The molecular weight excluding hydrogens is 144 g/mol. The van der Waals surface area contributed by atoms with Gasteiger partial charge in [0.1, 0.15) is 0 Å². The molecule has 0 amide bonds. The van der Waals surface area contributed by atoms with E-state index in [9.17, 15) is 0 Å². The molecule has 0 saturated heterocycles. The lowest BCUT2D eigenvalue weighted by Gasteiger charge is -2.21. The van der Waals surface area contributed by atoms with Gasteiger partial charge in [-0.2, -0.15) is 0 Å². The highest BCUT2D eigenvalue weighted by Gasteiger charge is 2.16. The van der Waals surface area contributed by atoms with Crippen LogP contribution in [0.1, 0.15) is 19.8 Å². The van der Waals surface area contributed by atoms with Gasteiger partial charge in [0.25, 0.3) is 0 Å². The van der Waals surface area contributed by atoms with E-state index < -0.39 is 0 Å². The first-order valence-corrected chi connectivity index (χ1v) is 4.02. The Kier molecular flexibility index (Phi) is 4.46. The Labute approximate surface area is 68.6 Å². The quantitative estimate of drug-likeness (QED) is 0.425. The van der Waals surface area contributed by atoms with Crippen LogP contribution in [0.4, 0.5) is 0 Å². The number of hydrogen-bond acceptors (Lipinski definition) is 0. The van der Waals surface area contributed by atoms with Gasteiger partial charge in [-0.25, -0.2) is 0 Å². The highest BCUT2D eigenvalue weighted by molar-refractivity contribution is 6.18. The van der Waals surface area contributed by atoms with E-state index in [1.807, 2.05) is 12.2 Å². The number of alkyl halides is 1. The van der Waals surface area contributed by atoms with Crippen LogP contribution in [0.3, 0.4) is 0 Å². The fraction of sp³-hybridized carbons (Fsp3) is 0.556. The zero-order valence-electron chi connectivity index (χ0n) is 6.57. The third-order valence-electron chi connectivity index (χ3n) is 1.72. The fourth-order valence-electron chi connectivity index (χ4n) is 0.655. The molecule has 0 N–H and O–H groups in total. The molecule has 0 nitrogen and oxygen atoms in total. The van der Waals surface area contributed by atoms with Crippen LogP contribution in [0.25, 0.3) is 0 Å². The Hall–Kier alpha value is -0.230. The second kappa shape index (κ2) is 4.56. The Morgan fingerprint density at radius 3 is 2.40 bits per heavy atom. The number of allylic oxidation sites excluding steroid dienone is 2. The normalized spacial score (nSPS) is 15.8. The summed E-state index contributed by atoms with van der Waals surface area (Å²) < 4.78 is 0. The first kappa shape index (κ1) is 9.77. The number of rotatable bonds is 5. The van der Waals surface area contributed by atoms with Gasteiger partial charge >= 0.3 is 0 Å². The summed E-state index contributed by atoms with van der Waals surface area (Å²) in [6.45, 7) is 9.50. The molecule has 0 fully saturated rings. The van der Waals surface area contributed by atoms with E-state index in [0.717, 1.165) is 12.8 Å². The van der Waals surface area contributed by atoms with Crippen molar-refractivity contribution >= 4 is 11.6 Å². The van der Waals surface area contributed by atoms with Crippen LogP contribution in [0, 0.1) is 5.41 Å². The van der Waals surface area contributed by atoms with Gasteiger partial charge in [0, 0.05) is 5.88 Å². The van der Waals surface area contributed by atoms with Gasteiger partial charge in [0.15, 0.2) is 0 Å². The molecule has 0 saturated carbocycles. The molecule has 1 heteroatoms. The van der Waals surface area contributed by atoms with Crippen molar-refractivity contribution in [3.05, 3.63) is 25.3 Å². The summed E-state index contributed by atoms with van der Waals surface area (Å²) in [6.07, 6.45) is 5.89. The summed E-state index contributed by atoms with van der Waals surface area (Å²) in [7, 11) is 0. The molecule has 0 radical (unpaired) electrons. The van der Waals surface area contributed by atoms with E-state index in [1.54, 1.807) is 0 Å². The minimum Gasteiger partial charge on any atom is -0.126 e. The maximum atomic E-state index is 5.74. The molecule has 1 atom stereocenters. The Morgan fingerprint density at radius 2 is 2.10 bits per heavy atom. The second-order valence-corrected chi connectivity index (χ2v) is 3.09. The van der Waals surface area contributed by atoms with Gasteiger partial charge in [-0.15, -0.1) is 24.8 Å². The van der Waals surface area contributed by atoms with E-state index in [1.165, 1.54) is 0 Å². The molecule has 0 spiro atoms. The molecule has 0 aromatic carbocycles. The van der Waals surface area contributed by atoms with Crippen molar-refractivity contribution in [2.75, 3.05) is 5.88 Å². The molecule has 0 rings (SSSR count). The molecule has 0 aliphatic carbocycles. The fourth-order valence-corrected chi connectivity index (χ4v) is 0.898. The molecule has 0 aliphatic heterocycles. The van der Waals surface area contributed by atoms with Crippen LogP contribution in [0.5, 0.6) is 0 Å². The molecule has 0 aliphatic rings. The van der Waals surface area contributed by atoms with Gasteiger partial charge in [-0.3, -0.25) is 0 Å². The largest absolute Gasteiger partial charge is 0.126 e. The van der Waals surface area contributed by atoms with Gasteiger partial charge in [0.05, 0.1) is 0 Å². The standard InChI is InChI=1S/C9H15Cl/c1-4-6-7-9(3,5-2)8-10/h4-5H,1-2,6-8H2,3H3. The zero-order valence-corrected chi connectivity index (χ0v) is 7.32. The van der Waals surface area contributed by atoms with Crippen molar-refractivity contribution in [3.63, 3.8) is 0 Å². The van der Waals surface area contributed by atoms with E-state index in [4.69, 9.17) is 11.6 Å². The van der Waals surface area contributed by atoms with Crippen molar-refractivity contribution in [3.8, 4) is 0 Å². The predicted molar refractivity (Wildman–Crippen MR) is 48.5 cm³/mol. The van der Waals surface area contributed by atoms with Gasteiger partial charge in [0.2, 0.25) is 0 Å². The van der Waals surface area contributed by atoms with Crippen molar-refractivity contribution in [1.82, 2.24) is 0 Å². The Bertz CT molecular complexity index is 118. The highest BCUT2D eigenvalue weighted by atomic mass is 35.5. The van der Waals surface area contributed by atoms with Crippen LogP contribution >= 0.6 is 11.6 Å². The SMILES string of the molecule is C=CCCC(C)(C=C)CCl. The highest BCUT2D eigenvalue weighted by Crippen LogP contribution is 2.25. The van der Waals surface area contributed by atoms with Crippen molar-refractivity contribution < 1.29 is 0 Å².